The Labute approximate surface area is 439 Å². The molecule has 0 saturated heterocycles. The van der Waals surface area contributed by atoms with Gasteiger partial charge in [0.15, 0.2) is 0 Å². The number of carbonyl (C=O) groups excluding carboxylic acids is 4. The van der Waals surface area contributed by atoms with E-state index in [1.54, 1.807) is 0 Å². The molecule has 0 fully saturated rings. The smallest absolute Gasteiger partial charge is 0.119 e. The Morgan fingerprint density at radius 3 is 0.714 bits per heavy atom. The minimum atomic E-state index is 0.728. The molecule has 0 rings (SSSR count). The van der Waals surface area contributed by atoms with Crippen LogP contribution in [0, 0.1) is 11.8 Å². The highest BCUT2D eigenvalue weighted by molar-refractivity contribution is 5.49. The number of allylic oxidation sites excluding steroid dienone is 10. The molecule has 2 atom stereocenters. The molecule has 0 heterocycles. The Balaban J connectivity index is -0.000000415. The number of hydrogen-bond donors (Lipinski definition) is 0. The van der Waals surface area contributed by atoms with E-state index in [4.69, 9.17) is 0 Å². The van der Waals surface area contributed by atoms with Crippen molar-refractivity contribution in [3.8, 4) is 0 Å². The number of aldehydes is 4. The molecule has 0 bridgehead atoms. The van der Waals surface area contributed by atoms with E-state index in [2.05, 4.69) is 102 Å². The molecule has 0 spiro atoms. The summed E-state index contributed by atoms with van der Waals surface area (Å²) in [6, 6.07) is 0. The first-order valence-corrected chi connectivity index (χ1v) is 30.4. The first-order valence-electron chi connectivity index (χ1n) is 30.4. The monoisotopic (exact) mass is 979 g/mol. The topological polar surface area (TPSA) is 68.3 Å². The van der Waals surface area contributed by atoms with Gasteiger partial charge in [-0.3, -0.25) is 0 Å². The molecular formula is C66H122O4. The quantitative estimate of drug-likeness (QED) is 0.0346. The number of carbonyl (C=O) groups is 4. The van der Waals surface area contributed by atoms with Crippen molar-refractivity contribution in [2.75, 3.05) is 0 Å². The van der Waals surface area contributed by atoms with E-state index in [1.165, 1.54) is 225 Å². The molecule has 0 aliphatic carbocycles. The van der Waals surface area contributed by atoms with Gasteiger partial charge in [0, 0.05) is 25.7 Å². The zero-order chi connectivity index (χ0) is 52.2. The van der Waals surface area contributed by atoms with E-state index < -0.39 is 0 Å². The first kappa shape index (κ1) is 73.9. The zero-order valence-electron chi connectivity index (χ0n) is 48.0. The van der Waals surface area contributed by atoms with E-state index in [1.807, 2.05) is 0 Å². The summed E-state index contributed by atoms with van der Waals surface area (Å²) in [7, 11) is 0. The van der Waals surface area contributed by atoms with Crippen molar-refractivity contribution in [2.45, 2.75) is 324 Å². The second kappa shape index (κ2) is 75.3. The highest BCUT2D eigenvalue weighted by Gasteiger charge is 1.98. The molecule has 0 radical (unpaired) electrons. The second-order valence-electron chi connectivity index (χ2n) is 20.1. The van der Waals surface area contributed by atoms with E-state index in [-0.39, 0.29) is 0 Å². The molecule has 410 valence electrons. The van der Waals surface area contributed by atoms with Crippen molar-refractivity contribution in [1.82, 2.24) is 0 Å². The summed E-state index contributed by atoms with van der Waals surface area (Å²) in [6.45, 7) is 13.7. The fourth-order valence-electron chi connectivity index (χ4n) is 7.74. The summed E-state index contributed by atoms with van der Waals surface area (Å²) in [5, 5.41) is 0. The van der Waals surface area contributed by atoms with Gasteiger partial charge in [0.25, 0.3) is 0 Å². The highest BCUT2D eigenvalue weighted by Crippen LogP contribution is 2.15. The van der Waals surface area contributed by atoms with Crippen LogP contribution in [0.25, 0.3) is 0 Å². The van der Waals surface area contributed by atoms with E-state index in [9.17, 15) is 19.2 Å². The minimum absolute atomic E-state index is 0.728. The zero-order valence-corrected chi connectivity index (χ0v) is 48.0. The fraction of sp³-hybridized carbons (Fsp3) is 0.788. The van der Waals surface area contributed by atoms with Gasteiger partial charge in [-0.25, -0.2) is 0 Å². The maximum atomic E-state index is 10.1. The molecular weight excluding hydrogens is 857 g/mol. The van der Waals surface area contributed by atoms with Crippen LogP contribution in [0.15, 0.2) is 60.8 Å². The van der Waals surface area contributed by atoms with Crippen molar-refractivity contribution < 1.29 is 19.2 Å². The average Bonchev–Trinajstić information content (AvgIpc) is 3.37. The van der Waals surface area contributed by atoms with Crippen LogP contribution in [0.3, 0.4) is 0 Å². The molecule has 0 aliphatic heterocycles. The average molecular weight is 980 g/mol. The predicted octanol–water partition coefficient (Wildman–Crippen LogP) is 22.0. The van der Waals surface area contributed by atoms with Gasteiger partial charge in [-0.1, -0.05) is 231 Å². The van der Waals surface area contributed by atoms with E-state index in [0.717, 1.165) is 94.8 Å². The number of rotatable bonds is 51. The Morgan fingerprint density at radius 2 is 0.457 bits per heavy atom. The van der Waals surface area contributed by atoms with Crippen molar-refractivity contribution >= 4 is 25.1 Å². The third kappa shape index (κ3) is 82.3. The summed E-state index contributed by atoms with van der Waals surface area (Å²) in [5.74, 6) is 1.81. The summed E-state index contributed by atoms with van der Waals surface area (Å²) in [6.07, 6.45) is 80.8. The fourth-order valence-corrected chi connectivity index (χ4v) is 7.74. The summed E-state index contributed by atoms with van der Waals surface area (Å²) < 4.78 is 0. The Morgan fingerprint density at radius 1 is 0.243 bits per heavy atom. The van der Waals surface area contributed by atoms with Crippen molar-refractivity contribution in [1.29, 1.82) is 0 Å². The second-order valence-corrected chi connectivity index (χ2v) is 20.1. The van der Waals surface area contributed by atoms with Gasteiger partial charge in [0.2, 0.25) is 0 Å². The van der Waals surface area contributed by atoms with Gasteiger partial charge in [-0.15, -0.1) is 0 Å². The van der Waals surface area contributed by atoms with Crippen LogP contribution in [0.5, 0.6) is 0 Å². The Hall–Kier alpha value is -2.62. The van der Waals surface area contributed by atoms with Gasteiger partial charge in [-0.2, -0.15) is 0 Å². The molecule has 0 N–H and O–H groups in total. The molecule has 4 nitrogen and oxygen atoms in total. The number of unbranched alkanes of at least 4 members (excludes halogenated alkanes) is 31. The molecule has 0 amide bonds. The lowest BCUT2D eigenvalue weighted by Gasteiger charge is -2.06. The molecule has 4 heteroatoms. The third-order valence-electron chi connectivity index (χ3n) is 13.1. The minimum Gasteiger partial charge on any atom is -0.303 e. The third-order valence-corrected chi connectivity index (χ3v) is 13.1. The van der Waals surface area contributed by atoms with Crippen LogP contribution in [-0.2, 0) is 19.2 Å². The maximum absolute atomic E-state index is 10.1. The molecule has 2 unspecified atom stereocenters. The molecule has 0 saturated carbocycles. The van der Waals surface area contributed by atoms with Crippen LogP contribution in [0.1, 0.15) is 324 Å². The number of hydrogen-bond acceptors (Lipinski definition) is 4. The van der Waals surface area contributed by atoms with Gasteiger partial charge < -0.3 is 19.2 Å². The highest BCUT2D eigenvalue weighted by atomic mass is 16.1. The normalized spacial score (nSPS) is 12.2. The molecule has 0 aromatic rings. The van der Waals surface area contributed by atoms with E-state index >= 15 is 0 Å². The standard InChI is InChI=1S/2C17H32O.C16H30O.C16H28O/c2*1-3-17(2)15-13-11-9-7-5-4-6-8-10-12-14-16-18;2*1-2-3-4-5-6-7-8-9-10-11-12-13-14-15-16-17/h2*5,7,16-17H,3-4,6,8-15H2,1-2H3;3-4,16H,2,5-15H2,1H3;5-6,9-10,16H,2-4,7-8,11-15H2,1H3/b7-5+;7-5-;4-3-;6-5-,10-9-. The maximum Gasteiger partial charge on any atom is 0.119 e. The molecule has 0 aliphatic rings. The molecule has 0 aromatic heterocycles. The van der Waals surface area contributed by atoms with Crippen LogP contribution < -0.4 is 0 Å². The lowest BCUT2D eigenvalue weighted by Crippen LogP contribution is -1.90. The summed E-state index contributed by atoms with van der Waals surface area (Å²) in [4.78, 5) is 40.4. The SMILES string of the molecule is CC/C=C\CCCCCCCCCCCC=O.CCC(C)CCCC/C=C/CCCCCCC=O.CCC(C)CCCC/C=C\CCCCCCC=O.CCCC/C=C\CC/C=C\CCCCCC=O. The Bertz CT molecular complexity index is 1070. The van der Waals surface area contributed by atoms with Gasteiger partial charge in [0.05, 0.1) is 0 Å². The Kier molecular flexibility index (Phi) is 79.5. The summed E-state index contributed by atoms with van der Waals surface area (Å²) in [5.41, 5.74) is 0. The van der Waals surface area contributed by atoms with Crippen molar-refractivity contribution in [3.63, 3.8) is 0 Å². The van der Waals surface area contributed by atoms with E-state index in [0.29, 0.717) is 0 Å². The van der Waals surface area contributed by atoms with Crippen LogP contribution in [0.2, 0.25) is 0 Å². The van der Waals surface area contributed by atoms with Crippen molar-refractivity contribution in [2.24, 2.45) is 11.8 Å². The van der Waals surface area contributed by atoms with Crippen LogP contribution in [-0.4, -0.2) is 25.1 Å². The lowest BCUT2D eigenvalue weighted by atomic mass is 10.0. The molecule has 70 heavy (non-hydrogen) atoms. The van der Waals surface area contributed by atoms with Crippen LogP contribution >= 0.6 is 0 Å². The van der Waals surface area contributed by atoms with Crippen LogP contribution in [0.4, 0.5) is 0 Å². The van der Waals surface area contributed by atoms with Gasteiger partial charge in [0.1, 0.15) is 25.1 Å². The van der Waals surface area contributed by atoms with Gasteiger partial charge in [-0.05, 0) is 140 Å². The lowest BCUT2D eigenvalue weighted by molar-refractivity contribution is -0.108. The van der Waals surface area contributed by atoms with Crippen molar-refractivity contribution in [3.05, 3.63) is 60.8 Å². The molecule has 0 aromatic carbocycles. The predicted molar refractivity (Wildman–Crippen MR) is 314 cm³/mol. The first-order chi connectivity index (χ1) is 34.4. The summed E-state index contributed by atoms with van der Waals surface area (Å²) >= 11 is 0. The van der Waals surface area contributed by atoms with Gasteiger partial charge >= 0.3 is 0 Å². The largest absolute Gasteiger partial charge is 0.303 e.